The van der Waals surface area contributed by atoms with Crippen LogP contribution >= 0.6 is 0 Å². The Kier molecular flexibility index (Phi) is 10.1. The van der Waals surface area contributed by atoms with E-state index in [0.717, 1.165) is 25.7 Å². The van der Waals surface area contributed by atoms with E-state index in [-0.39, 0.29) is 0 Å². The summed E-state index contributed by atoms with van der Waals surface area (Å²) < 4.78 is 21.2. The number of rotatable bonds is 10. The molecule has 0 bridgehead atoms. The van der Waals surface area contributed by atoms with E-state index in [1.165, 1.54) is 13.8 Å². The molecule has 7 heteroatoms. The fourth-order valence-corrected chi connectivity index (χ4v) is 4.11. The van der Waals surface area contributed by atoms with Crippen molar-refractivity contribution >= 4 is 11.9 Å². The fourth-order valence-electron chi connectivity index (χ4n) is 1.22. The summed E-state index contributed by atoms with van der Waals surface area (Å²) in [6, 6.07) is 0. The van der Waals surface area contributed by atoms with Gasteiger partial charge in [0, 0.05) is 0 Å². The zero-order valence-electron chi connectivity index (χ0n) is 12.2. The summed E-state index contributed by atoms with van der Waals surface area (Å²) >= 11 is -4.27. The van der Waals surface area contributed by atoms with Crippen molar-refractivity contribution < 1.29 is 41.0 Å². The van der Waals surface area contributed by atoms with Crippen molar-refractivity contribution in [1.82, 2.24) is 0 Å². The molecule has 0 atom stereocenters. The first-order valence-electron chi connectivity index (χ1n) is 6.62. The summed E-state index contributed by atoms with van der Waals surface area (Å²) in [7, 11) is 0. The second-order valence-electron chi connectivity index (χ2n) is 4.09. The van der Waals surface area contributed by atoms with Crippen molar-refractivity contribution in [3.05, 3.63) is 0 Å². The molecule has 0 amide bonds. The molecular weight excluding hydrogens is 288 g/mol. The Morgan fingerprint density at radius 1 is 0.842 bits per heavy atom. The van der Waals surface area contributed by atoms with Gasteiger partial charge >= 0.3 is 120 Å². The van der Waals surface area contributed by atoms with E-state index < -0.39 is 30.1 Å². The quantitative estimate of drug-likeness (QED) is 0.456. The summed E-state index contributed by atoms with van der Waals surface area (Å²) in [5.74, 6) is -1.12. The van der Waals surface area contributed by atoms with Gasteiger partial charge < -0.3 is 0 Å². The molecule has 0 aliphatic rings. The summed E-state index contributed by atoms with van der Waals surface area (Å²) in [5.41, 5.74) is 0. The van der Waals surface area contributed by atoms with Gasteiger partial charge in [0.15, 0.2) is 0 Å². The second kappa shape index (κ2) is 10.4. The summed E-state index contributed by atoms with van der Waals surface area (Å²) in [6.45, 7) is 7.21. The second-order valence-corrected chi connectivity index (χ2v) is 7.19. The van der Waals surface area contributed by atoms with E-state index in [1.54, 1.807) is 0 Å². The number of unbranched alkanes of at least 4 members (excludes halogenated alkanes) is 2. The molecule has 0 rings (SSSR count). The Morgan fingerprint density at radius 3 is 1.47 bits per heavy atom. The fraction of sp³-hybridized carbons (Fsp3) is 0.833. The first-order valence-corrected chi connectivity index (χ1v) is 9.17. The molecule has 0 heterocycles. The molecule has 0 aromatic rings. The normalized spacial score (nSPS) is 11.2. The van der Waals surface area contributed by atoms with Crippen LogP contribution < -0.4 is 0 Å². The molecule has 0 fully saturated rings. The number of carbonyl (C=O) groups excluding carboxylic acids is 2. The number of carbonyl (C=O) groups is 2. The van der Waals surface area contributed by atoms with E-state index >= 15 is 0 Å². The maximum absolute atomic E-state index is 11.2. The van der Waals surface area contributed by atoms with Crippen LogP contribution in [-0.4, -0.2) is 25.2 Å². The Hall–Kier alpha value is -0.426. The minimum atomic E-state index is -4.27. The van der Waals surface area contributed by atoms with Gasteiger partial charge in [0.05, 0.1) is 0 Å². The van der Waals surface area contributed by atoms with Crippen molar-refractivity contribution in [3.63, 3.8) is 0 Å². The van der Waals surface area contributed by atoms with Crippen molar-refractivity contribution in [2.24, 2.45) is 0 Å². The Balaban J connectivity index is 4.73. The van der Waals surface area contributed by atoms with Crippen LogP contribution in [0.1, 0.15) is 53.4 Å². The number of hydrogen-bond donors (Lipinski definition) is 0. The van der Waals surface area contributed by atoms with Crippen LogP contribution in [0.15, 0.2) is 0 Å². The van der Waals surface area contributed by atoms with Gasteiger partial charge in [0.2, 0.25) is 0 Å². The molecule has 112 valence electrons. The van der Waals surface area contributed by atoms with E-state index in [1.807, 2.05) is 13.8 Å². The molecule has 0 saturated carbocycles. The molecule has 0 saturated heterocycles. The standard InChI is InChI=1S/2C4H9O.2C2H4O2.Ti/c2*1-2-3-4-5;2*1-2(3)4;/h2*2-4H2,1H3;2*1H3,(H,3,4);/q2*-1;;;+4/p-2. The third-order valence-electron chi connectivity index (χ3n) is 2.09. The SMILES string of the molecule is CCCC[O][Ti]([O]CCCC)([O]C(C)=O)[O]C(C)=O. The zero-order chi connectivity index (χ0) is 14.7. The molecule has 0 N–H and O–H groups in total. The monoisotopic (exact) mass is 312 g/mol. The van der Waals surface area contributed by atoms with Crippen molar-refractivity contribution in [2.45, 2.75) is 53.4 Å². The zero-order valence-corrected chi connectivity index (χ0v) is 13.8. The average molecular weight is 312 g/mol. The molecule has 6 nitrogen and oxygen atoms in total. The van der Waals surface area contributed by atoms with Crippen molar-refractivity contribution in [2.75, 3.05) is 13.2 Å². The van der Waals surface area contributed by atoms with Crippen LogP contribution in [0.25, 0.3) is 0 Å². The van der Waals surface area contributed by atoms with Crippen LogP contribution in [0.5, 0.6) is 0 Å². The van der Waals surface area contributed by atoms with Crippen molar-refractivity contribution in [1.29, 1.82) is 0 Å². The van der Waals surface area contributed by atoms with Crippen LogP contribution in [-0.2, 0) is 41.0 Å². The van der Waals surface area contributed by atoms with E-state index in [0.29, 0.717) is 13.2 Å². The molecule has 0 aromatic carbocycles. The van der Waals surface area contributed by atoms with E-state index in [4.69, 9.17) is 13.3 Å². The van der Waals surface area contributed by atoms with Gasteiger partial charge in [-0.1, -0.05) is 0 Å². The minimum absolute atomic E-state index is 0.350. The molecule has 0 unspecified atom stereocenters. The summed E-state index contributed by atoms with van der Waals surface area (Å²) in [6.07, 6.45) is 3.42. The van der Waals surface area contributed by atoms with Gasteiger partial charge in [-0.2, -0.15) is 0 Å². The molecule has 19 heavy (non-hydrogen) atoms. The maximum atomic E-state index is 11.2. The third-order valence-corrected chi connectivity index (χ3v) is 5.51. The van der Waals surface area contributed by atoms with Crippen LogP contribution in [0.4, 0.5) is 0 Å². The van der Waals surface area contributed by atoms with Crippen molar-refractivity contribution in [3.8, 4) is 0 Å². The number of hydrogen-bond acceptors (Lipinski definition) is 6. The van der Waals surface area contributed by atoms with Gasteiger partial charge in [-0.15, -0.1) is 0 Å². The molecule has 0 radical (unpaired) electrons. The molecular formula is C12H24O6Ti. The Labute approximate surface area is 120 Å². The predicted molar refractivity (Wildman–Crippen MR) is 65.3 cm³/mol. The van der Waals surface area contributed by atoms with Gasteiger partial charge in [0.1, 0.15) is 0 Å². The Bertz CT molecular complexity index is 253. The van der Waals surface area contributed by atoms with Gasteiger partial charge in [-0.05, 0) is 0 Å². The van der Waals surface area contributed by atoms with Crippen LogP contribution in [0.2, 0.25) is 0 Å². The molecule has 0 aliphatic carbocycles. The third kappa shape index (κ3) is 9.16. The average Bonchev–Trinajstić information content (AvgIpc) is 2.27. The Morgan fingerprint density at radius 2 is 1.21 bits per heavy atom. The molecule has 0 aromatic heterocycles. The first-order chi connectivity index (χ1) is 8.95. The molecule has 0 spiro atoms. The van der Waals surface area contributed by atoms with Gasteiger partial charge in [0.25, 0.3) is 0 Å². The summed E-state index contributed by atoms with van der Waals surface area (Å²) in [4.78, 5) is 22.4. The van der Waals surface area contributed by atoms with Crippen LogP contribution in [0.3, 0.4) is 0 Å². The van der Waals surface area contributed by atoms with Gasteiger partial charge in [-0.3, -0.25) is 0 Å². The first kappa shape index (κ1) is 18.6. The van der Waals surface area contributed by atoms with E-state index in [9.17, 15) is 9.59 Å². The molecule has 0 aliphatic heterocycles. The topological polar surface area (TPSA) is 71.1 Å². The predicted octanol–water partition coefficient (Wildman–Crippen LogP) is 2.56. The van der Waals surface area contributed by atoms with Crippen LogP contribution in [0, 0.1) is 0 Å². The van der Waals surface area contributed by atoms with Gasteiger partial charge in [-0.25, -0.2) is 0 Å². The summed E-state index contributed by atoms with van der Waals surface area (Å²) in [5, 5.41) is 0. The van der Waals surface area contributed by atoms with E-state index in [2.05, 4.69) is 0 Å².